The minimum atomic E-state index is -2.98. The highest BCUT2D eigenvalue weighted by Crippen LogP contribution is 2.39. The second kappa shape index (κ2) is 7.16. The molecule has 1 aromatic rings. The molecule has 3 atom stereocenters. The molecule has 2 rings (SSSR count). The number of halogens is 1. The average molecular weight is 334 g/mol. The van der Waals surface area contributed by atoms with Crippen molar-refractivity contribution in [3.8, 4) is 0 Å². The van der Waals surface area contributed by atoms with E-state index in [1.165, 1.54) is 6.26 Å². The Morgan fingerprint density at radius 1 is 1.48 bits per heavy atom. The molecule has 1 aliphatic carbocycles. The quantitative estimate of drug-likeness (QED) is 0.864. The topological polar surface area (TPSA) is 59.3 Å². The number of rotatable bonds is 6. The fourth-order valence-corrected chi connectivity index (χ4v) is 4.65. The van der Waals surface area contributed by atoms with Crippen LogP contribution in [0, 0.1) is 5.92 Å². The zero-order valence-electron chi connectivity index (χ0n) is 12.6. The van der Waals surface area contributed by atoms with Crippen LogP contribution in [-0.4, -0.2) is 26.5 Å². The highest BCUT2D eigenvalue weighted by molar-refractivity contribution is 7.91. The standard InChI is InChI=1S/C15H24ClNO3S/c1-3-8-17-14(13-7-9-20-15(13)16)11-5-4-6-12(10-11)21(2,18)19/h7,9,11-12,14,17H,3-6,8,10H2,1-2H3. The number of hydrogen-bond acceptors (Lipinski definition) is 4. The summed E-state index contributed by atoms with van der Waals surface area (Å²) in [6, 6.07) is 1.96. The maximum atomic E-state index is 11.9. The van der Waals surface area contributed by atoms with Gasteiger partial charge in [-0.2, -0.15) is 0 Å². The minimum absolute atomic E-state index is 0.0701. The summed E-state index contributed by atoms with van der Waals surface area (Å²) in [4.78, 5) is 0. The lowest BCUT2D eigenvalue weighted by atomic mass is 9.81. The van der Waals surface area contributed by atoms with E-state index in [4.69, 9.17) is 16.0 Å². The molecule has 0 aromatic carbocycles. The second-order valence-corrected chi connectivity index (χ2v) is 8.63. The first kappa shape index (κ1) is 16.8. The molecular formula is C15H24ClNO3S. The van der Waals surface area contributed by atoms with Crippen LogP contribution in [0.2, 0.25) is 5.22 Å². The third kappa shape index (κ3) is 4.24. The molecule has 1 aromatic heterocycles. The van der Waals surface area contributed by atoms with Crippen molar-refractivity contribution in [3.05, 3.63) is 23.1 Å². The lowest BCUT2D eigenvalue weighted by Gasteiger charge is -2.34. The largest absolute Gasteiger partial charge is 0.453 e. The van der Waals surface area contributed by atoms with E-state index in [0.717, 1.165) is 37.8 Å². The summed E-state index contributed by atoms with van der Waals surface area (Å²) in [6.07, 6.45) is 7.40. The molecule has 6 heteroatoms. The summed E-state index contributed by atoms with van der Waals surface area (Å²) < 4.78 is 28.9. The summed E-state index contributed by atoms with van der Waals surface area (Å²) in [5, 5.41) is 3.69. The molecule has 1 heterocycles. The normalized spacial score (nSPS) is 24.9. The van der Waals surface area contributed by atoms with E-state index in [-0.39, 0.29) is 17.2 Å². The Kier molecular flexibility index (Phi) is 5.74. The van der Waals surface area contributed by atoms with Gasteiger partial charge in [0.15, 0.2) is 5.22 Å². The van der Waals surface area contributed by atoms with Gasteiger partial charge >= 0.3 is 0 Å². The van der Waals surface area contributed by atoms with Crippen molar-refractivity contribution >= 4 is 21.4 Å². The highest BCUT2D eigenvalue weighted by atomic mass is 35.5. The zero-order chi connectivity index (χ0) is 15.5. The molecule has 120 valence electrons. The van der Waals surface area contributed by atoms with Gasteiger partial charge in [-0.15, -0.1) is 0 Å². The van der Waals surface area contributed by atoms with E-state index in [1.54, 1.807) is 6.26 Å². The van der Waals surface area contributed by atoms with Crippen LogP contribution in [0.5, 0.6) is 0 Å². The van der Waals surface area contributed by atoms with Gasteiger partial charge < -0.3 is 9.73 Å². The minimum Gasteiger partial charge on any atom is -0.453 e. The van der Waals surface area contributed by atoms with E-state index in [0.29, 0.717) is 11.6 Å². The van der Waals surface area contributed by atoms with Crippen LogP contribution < -0.4 is 5.32 Å². The first-order valence-electron chi connectivity index (χ1n) is 7.58. The summed E-state index contributed by atoms with van der Waals surface area (Å²) in [5.74, 6) is 0.278. The van der Waals surface area contributed by atoms with Crippen LogP contribution in [0.25, 0.3) is 0 Å². The molecule has 21 heavy (non-hydrogen) atoms. The Bertz CT molecular complexity index is 555. The molecule has 1 saturated carbocycles. The molecule has 0 aliphatic heterocycles. The Labute approximate surface area is 132 Å². The van der Waals surface area contributed by atoms with Gasteiger partial charge in [0.1, 0.15) is 9.84 Å². The molecule has 0 bridgehead atoms. The maximum absolute atomic E-state index is 11.9. The van der Waals surface area contributed by atoms with E-state index >= 15 is 0 Å². The van der Waals surface area contributed by atoms with Gasteiger partial charge in [0.25, 0.3) is 0 Å². The number of furan rings is 1. The van der Waals surface area contributed by atoms with Crippen LogP contribution in [0.1, 0.15) is 50.6 Å². The van der Waals surface area contributed by atoms with Crippen molar-refractivity contribution in [2.45, 2.75) is 50.3 Å². The molecule has 0 spiro atoms. The van der Waals surface area contributed by atoms with Crippen LogP contribution >= 0.6 is 11.6 Å². The molecule has 0 amide bonds. The molecule has 1 N–H and O–H groups in total. The van der Waals surface area contributed by atoms with Crippen molar-refractivity contribution in [3.63, 3.8) is 0 Å². The Morgan fingerprint density at radius 2 is 2.24 bits per heavy atom. The second-order valence-electron chi connectivity index (χ2n) is 5.96. The van der Waals surface area contributed by atoms with E-state index in [9.17, 15) is 8.42 Å². The lowest BCUT2D eigenvalue weighted by molar-refractivity contribution is 0.272. The Hall–Kier alpha value is -0.520. The number of nitrogens with one attached hydrogen (secondary N) is 1. The number of sulfone groups is 1. The molecule has 4 nitrogen and oxygen atoms in total. The molecule has 0 saturated heterocycles. The third-order valence-corrected chi connectivity index (χ3v) is 6.29. The van der Waals surface area contributed by atoms with Gasteiger partial charge in [0.2, 0.25) is 0 Å². The van der Waals surface area contributed by atoms with E-state index in [2.05, 4.69) is 12.2 Å². The molecule has 0 radical (unpaired) electrons. The van der Waals surface area contributed by atoms with Crippen LogP contribution in [-0.2, 0) is 9.84 Å². The maximum Gasteiger partial charge on any atom is 0.197 e. The fraction of sp³-hybridized carbons (Fsp3) is 0.733. The molecule has 1 aliphatic rings. The monoisotopic (exact) mass is 333 g/mol. The van der Waals surface area contributed by atoms with Crippen molar-refractivity contribution in [1.82, 2.24) is 5.32 Å². The first-order chi connectivity index (χ1) is 9.93. The van der Waals surface area contributed by atoms with Gasteiger partial charge in [-0.3, -0.25) is 0 Å². The smallest absolute Gasteiger partial charge is 0.197 e. The van der Waals surface area contributed by atoms with Gasteiger partial charge in [-0.1, -0.05) is 13.3 Å². The SMILES string of the molecule is CCCNC(c1ccoc1Cl)C1CCCC(S(C)(=O)=O)C1. The Morgan fingerprint density at radius 3 is 2.81 bits per heavy atom. The van der Waals surface area contributed by atoms with Gasteiger partial charge in [0.05, 0.1) is 11.5 Å². The van der Waals surface area contributed by atoms with Gasteiger partial charge in [0, 0.05) is 17.9 Å². The van der Waals surface area contributed by atoms with Crippen molar-refractivity contribution < 1.29 is 12.8 Å². The van der Waals surface area contributed by atoms with Crippen molar-refractivity contribution in [1.29, 1.82) is 0 Å². The summed E-state index contributed by atoms with van der Waals surface area (Å²) in [5.41, 5.74) is 0.948. The molecular weight excluding hydrogens is 310 g/mol. The van der Waals surface area contributed by atoms with E-state index < -0.39 is 9.84 Å². The predicted molar refractivity (Wildman–Crippen MR) is 85.3 cm³/mol. The summed E-state index contributed by atoms with van der Waals surface area (Å²) >= 11 is 6.13. The van der Waals surface area contributed by atoms with Crippen LogP contribution in [0.15, 0.2) is 16.7 Å². The highest BCUT2D eigenvalue weighted by Gasteiger charge is 2.34. The predicted octanol–water partition coefficient (Wildman–Crippen LogP) is 3.58. The summed E-state index contributed by atoms with van der Waals surface area (Å²) in [7, 11) is -2.98. The number of hydrogen-bond donors (Lipinski definition) is 1. The Balaban J connectivity index is 2.18. The molecule has 3 unspecified atom stereocenters. The van der Waals surface area contributed by atoms with Crippen molar-refractivity contribution in [2.75, 3.05) is 12.8 Å². The van der Waals surface area contributed by atoms with Crippen molar-refractivity contribution in [2.24, 2.45) is 5.92 Å². The first-order valence-corrected chi connectivity index (χ1v) is 9.91. The zero-order valence-corrected chi connectivity index (χ0v) is 14.2. The van der Waals surface area contributed by atoms with E-state index in [1.807, 2.05) is 6.07 Å². The fourth-order valence-electron chi connectivity index (χ4n) is 3.23. The third-order valence-electron chi connectivity index (χ3n) is 4.34. The van der Waals surface area contributed by atoms with Crippen LogP contribution in [0.4, 0.5) is 0 Å². The van der Waals surface area contributed by atoms with Crippen LogP contribution in [0.3, 0.4) is 0 Å². The average Bonchev–Trinajstić information content (AvgIpc) is 2.85. The lowest BCUT2D eigenvalue weighted by Crippen LogP contribution is -2.35. The van der Waals surface area contributed by atoms with Gasteiger partial charge in [-0.25, -0.2) is 8.42 Å². The summed E-state index contributed by atoms with van der Waals surface area (Å²) in [6.45, 7) is 2.99. The molecule has 1 fully saturated rings. The van der Waals surface area contributed by atoms with Gasteiger partial charge in [-0.05, 0) is 55.8 Å².